The summed E-state index contributed by atoms with van der Waals surface area (Å²) in [6, 6.07) is 1.44. The number of aryl methyl sites for hydroxylation is 1. The molecule has 3 amide bonds. The Kier molecular flexibility index (Phi) is 5.67. The van der Waals surface area contributed by atoms with E-state index in [0.29, 0.717) is 10.6 Å². The van der Waals surface area contributed by atoms with Crippen LogP contribution in [0.15, 0.2) is 16.8 Å². The minimum absolute atomic E-state index is 0.0466. The summed E-state index contributed by atoms with van der Waals surface area (Å²) in [7, 11) is 0. The van der Waals surface area contributed by atoms with Crippen LogP contribution in [-0.4, -0.2) is 29.7 Å². The molecule has 0 aliphatic heterocycles. The van der Waals surface area contributed by atoms with Crippen LogP contribution in [0.1, 0.15) is 57.5 Å². The summed E-state index contributed by atoms with van der Waals surface area (Å²) in [4.78, 5) is 37.7. The van der Waals surface area contributed by atoms with Crippen LogP contribution in [0.4, 0.5) is 9.80 Å². The highest BCUT2D eigenvalue weighted by molar-refractivity contribution is 7.17. The Morgan fingerprint density at radius 3 is 2.77 bits per heavy atom. The van der Waals surface area contributed by atoms with Crippen LogP contribution in [0.25, 0.3) is 0 Å². The largest absolute Gasteiger partial charge is 0.450 e. The average Bonchev–Trinajstić information content (AvgIpc) is 3.18. The fraction of sp³-hybridized carbons (Fsp3) is 0.412. The van der Waals surface area contributed by atoms with E-state index >= 15 is 0 Å². The van der Waals surface area contributed by atoms with Crippen molar-refractivity contribution in [2.45, 2.75) is 39.0 Å². The normalized spacial score (nSPS) is 13.4. The summed E-state index contributed by atoms with van der Waals surface area (Å²) < 4.78 is 9.64. The van der Waals surface area contributed by atoms with Gasteiger partial charge in [-0.05, 0) is 38.2 Å². The lowest BCUT2D eigenvalue weighted by Gasteiger charge is -2.08. The van der Waals surface area contributed by atoms with Gasteiger partial charge in [-0.25, -0.2) is 4.79 Å². The van der Waals surface area contributed by atoms with E-state index in [-0.39, 0.29) is 12.4 Å². The number of ether oxygens (including phenoxy) is 1. The van der Waals surface area contributed by atoms with Crippen molar-refractivity contribution in [1.82, 2.24) is 10.5 Å². The van der Waals surface area contributed by atoms with E-state index in [0.717, 1.165) is 42.5 Å². The van der Waals surface area contributed by atoms with Crippen LogP contribution >= 0.6 is 11.3 Å². The molecule has 0 fully saturated rings. The number of nitrogens with zero attached hydrogens (tertiary/aromatic N) is 1. The zero-order chi connectivity index (χ0) is 18.5. The van der Waals surface area contributed by atoms with E-state index in [1.54, 1.807) is 6.92 Å². The first-order chi connectivity index (χ1) is 12.6. The first-order valence-corrected chi connectivity index (χ1v) is 9.26. The standard InChI is InChI=1S/C17H19N3O5S/c1-2-24-17(23)20-15(22)13-10-6-4-3-5-7-12(10)26-16(13)19-14(21)11-8-9-18-25-11/h8-9H,2-7H2,1H3,(H,19,21)(H,20,22,23). The molecule has 0 spiro atoms. The van der Waals surface area contributed by atoms with Crippen LogP contribution in [0.5, 0.6) is 0 Å². The molecule has 8 nitrogen and oxygen atoms in total. The summed E-state index contributed by atoms with van der Waals surface area (Å²) >= 11 is 1.36. The fourth-order valence-corrected chi connectivity index (χ4v) is 4.17. The number of alkyl carbamates (subject to hydrolysis) is 1. The Morgan fingerprint density at radius 1 is 1.23 bits per heavy atom. The topological polar surface area (TPSA) is 111 Å². The second kappa shape index (κ2) is 8.13. The van der Waals surface area contributed by atoms with Crippen molar-refractivity contribution in [3.63, 3.8) is 0 Å². The number of hydrogen-bond donors (Lipinski definition) is 2. The van der Waals surface area contributed by atoms with Gasteiger partial charge in [0, 0.05) is 10.9 Å². The van der Waals surface area contributed by atoms with Crippen molar-refractivity contribution in [2.24, 2.45) is 0 Å². The van der Waals surface area contributed by atoms with Gasteiger partial charge in [-0.1, -0.05) is 11.6 Å². The number of carbonyl (C=O) groups is 3. The van der Waals surface area contributed by atoms with Gasteiger partial charge >= 0.3 is 6.09 Å². The number of nitrogens with one attached hydrogen (secondary N) is 2. The molecule has 0 unspecified atom stereocenters. The second-order valence-electron chi connectivity index (χ2n) is 5.77. The van der Waals surface area contributed by atoms with E-state index in [1.807, 2.05) is 0 Å². The number of aromatic nitrogens is 1. The Balaban J connectivity index is 1.91. The quantitative estimate of drug-likeness (QED) is 0.792. The van der Waals surface area contributed by atoms with Crippen molar-refractivity contribution < 1.29 is 23.6 Å². The number of rotatable bonds is 4. The summed E-state index contributed by atoms with van der Waals surface area (Å²) in [6.45, 7) is 1.82. The van der Waals surface area contributed by atoms with Crippen molar-refractivity contribution in [1.29, 1.82) is 0 Å². The molecule has 0 aromatic carbocycles. The van der Waals surface area contributed by atoms with Gasteiger partial charge < -0.3 is 14.6 Å². The number of hydrogen-bond acceptors (Lipinski definition) is 7. The Bertz CT molecular complexity index is 813. The third kappa shape index (κ3) is 3.93. The lowest BCUT2D eigenvalue weighted by Crippen LogP contribution is -2.32. The van der Waals surface area contributed by atoms with Gasteiger partial charge in [-0.15, -0.1) is 11.3 Å². The smallest absolute Gasteiger partial charge is 0.414 e. The minimum Gasteiger partial charge on any atom is -0.450 e. The Morgan fingerprint density at radius 2 is 2.04 bits per heavy atom. The first kappa shape index (κ1) is 18.1. The van der Waals surface area contributed by atoms with Gasteiger partial charge in [0.15, 0.2) is 0 Å². The van der Waals surface area contributed by atoms with E-state index in [1.165, 1.54) is 23.6 Å². The Labute approximate surface area is 153 Å². The lowest BCUT2D eigenvalue weighted by molar-refractivity contribution is 0.0925. The summed E-state index contributed by atoms with van der Waals surface area (Å²) in [5.74, 6) is -1.02. The molecule has 138 valence electrons. The maximum atomic E-state index is 12.7. The molecule has 2 aromatic rings. The van der Waals surface area contributed by atoms with Crippen molar-refractivity contribution in [3.05, 3.63) is 34.0 Å². The molecule has 1 aliphatic rings. The highest BCUT2D eigenvalue weighted by Gasteiger charge is 2.27. The molecular weight excluding hydrogens is 358 g/mol. The van der Waals surface area contributed by atoms with Crippen molar-refractivity contribution >= 4 is 34.2 Å². The minimum atomic E-state index is -0.807. The molecule has 2 aromatic heterocycles. The van der Waals surface area contributed by atoms with E-state index in [9.17, 15) is 14.4 Å². The van der Waals surface area contributed by atoms with E-state index in [2.05, 4.69) is 15.8 Å². The fourth-order valence-electron chi connectivity index (χ4n) is 2.89. The maximum Gasteiger partial charge on any atom is 0.414 e. The van der Waals surface area contributed by atoms with Crippen LogP contribution in [0, 0.1) is 0 Å². The van der Waals surface area contributed by atoms with Gasteiger partial charge in [-0.3, -0.25) is 14.9 Å². The zero-order valence-corrected chi connectivity index (χ0v) is 15.1. The van der Waals surface area contributed by atoms with Gasteiger partial charge in [0.25, 0.3) is 11.8 Å². The average molecular weight is 377 g/mol. The molecule has 26 heavy (non-hydrogen) atoms. The number of fused-ring (bicyclic) bond motifs is 1. The van der Waals surface area contributed by atoms with Gasteiger partial charge in [0.2, 0.25) is 5.76 Å². The molecule has 0 radical (unpaired) electrons. The highest BCUT2D eigenvalue weighted by Crippen LogP contribution is 2.37. The molecule has 9 heteroatoms. The number of amides is 3. The maximum absolute atomic E-state index is 12.7. The van der Waals surface area contributed by atoms with Crippen LogP contribution in [0.3, 0.4) is 0 Å². The van der Waals surface area contributed by atoms with Crippen LogP contribution in [-0.2, 0) is 17.6 Å². The van der Waals surface area contributed by atoms with Crippen LogP contribution < -0.4 is 10.6 Å². The molecule has 0 atom stereocenters. The molecule has 2 heterocycles. The van der Waals surface area contributed by atoms with Gasteiger partial charge in [0.1, 0.15) is 5.00 Å². The molecular formula is C17H19N3O5S. The van der Waals surface area contributed by atoms with Crippen molar-refractivity contribution in [3.8, 4) is 0 Å². The number of thiophene rings is 1. The van der Waals surface area contributed by atoms with Gasteiger partial charge in [-0.2, -0.15) is 0 Å². The van der Waals surface area contributed by atoms with Gasteiger partial charge in [0.05, 0.1) is 18.4 Å². The first-order valence-electron chi connectivity index (χ1n) is 8.44. The molecule has 2 N–H and O–H groups in total. The SMILES string of the molecule is CCOC(=O)NC(=O)c1c(NC(=O)c2ccno2)sc2c1CCCCC2. The summed E-state index contributed by atoms with van der Waals surface area (Å²) in [6.07, 6.45) is 5.21. The molecule has 0 saturated heterocycles. The Hall–Kier alpha value is -2.68. The summed E-state index contributed by atoms with van der Waals surface area (Å²) in [5, 5.41) is 8.84. The third-order valence-corrected chi connectivity index (χ3v) is 5.24. The predicted molar refractivity (Wildman–Crippen MR) is 94.5 cm³/mol. The van der Waals surface area contributed by atoms with E-state index < -0.39 is 17.9 Å². The monoisotopic (exact) mass is 377 g/mol. The zero-order valence-electron chi connectivity index (χ0n) is 14.3. The third-order valence-electron chi connectivity index (χ3n) is 4.03. The van der Waals surface area contributed by atoms with Crippen LogP contribution in [0.2, 0.25) is 0 Å². The number of imide groups is 1. The highest BCUT2D eigenvalue weighted by atomic mass is 32.1. The second-order valence-corrected chi connectivity index (χ2v) is 6.88. The van der Waals surface area contributed by atoms with E-state index in [4.69, 9.17) is 9.26 Å². The molecule has 0 bridgehead atoms. The molecule has 1 aliphatic carbocycles. The number of anilines is 1. The lowest BCUT2D eigenvalue weighted by atomic mass is 10.0. The molecule has 0 saturated carbocycles. The van der Waals surface area contributed by atoms with Crippen molar-refractivity contribution in [2.75, 3.05) is 11.9 Å². The molecule has 3 rings (SSSR count). The predicted octanol–water partition coefficient (Wildman–Crippen LogP) is 3.14. The number of carbonyl (C=O) groups excluding carboxylic acids is 3. The summed E-state index contributed by atoms with van der Waals surface area (Å²) in [5.41, 5.74) is 1.22.